The van der Waals surface area contributed by atoms with Gasteiger partial charge in [-0.25, -0.2) is 4.39 Å². The summed E-state index contributed by atoms with van der Waals surface area (Å²) in [5, 5.41) is 0. The molecule has 0 nitrogen and oxygen atoms in total. The molecule has 0 saturated heterocycles. The van der Waals surface area contributed by atoms with Gasteiger partial charge in [0.1, 0.15) is 5.82 Å². The molecule has 1 saturated carbocycles. The molecule has 0 radical (unpaired) electrons. The first-order chi connectivity index (χ1) is 6.50. The van der Waals surface area contributed by atoms with E-state index in [-0.39, 0.29) is 63.4 Å². The summed E-state index contributed by atoms with van der Waals surface area (Å²) in [7, 11) is 0. The van der Waals surface area contributed by atoms with Gasteiger partial charge in [-0.15, -0.1) is 0 Å². The van der Waals surface area contributed by atoms with Crippen molar-refractivity contribution in [2.24, 2.45) is 0 Å². The molecule has 76 valence electrons. The summed E-state index contributed by atoms with van der Waals surface area (Å²) in [5.74, 6) is -2.46. The third-order valence-electron chi connectivity index (χ3n) is 2.63. The molecule has 0 unspecified atom stereocenters. The Hall–Kier alpha value is 0.641. The predicted octanol–water partition coefficient (Wildman–Crippen LogP) is 0.535. The van der Waals surface area contributed by atoms with Gasteiger partial charge in [0.05, 0.1) is 0 Å². The van der Waals surface area contributed by atoms with Crippen molar-refractivity contribution in [3.05, 3.63) is 35.6 Å². The average molecular weight is 242 g/mol. The van der Waals surface area contributed by atoms with Gasteiger partial charge in [-0.3, -0.25) is 0 Å². The number of halogens is 4. The van der Waals surface area contributed by atoms with E-state index in [1.54, 1.807) is 6.07 Å². The van der Waals surface area contributed by atoms with Crippen LogP contribution in [0.1, 0.15) is 17.9 Å². The minimum Gasteiger partial charge on any atom is -0.449 e. The van der Waals surface area contributed by atoms with Crippen LogP contribution in [0.5, 0.6) is 0 Å². The average Bonchev–Trinajstić information content (AvgIpc) is 2.83. The molecule has 15 heavy (non-hydrogen) atoms. The second-order valence-electron chi connectivity index (χ2n) is 3.65. The second-order valence-corrected chi connectivity index (χ2v) is 3.65. The summed E-state index contributed by atoms with van der Waals surface area (Å²) in [6.45, 7) is -4.80. The summed E-state index contributed by atoms with van der Waals surface area (Å²) >= 11 is 0. The van der Waals surface area contributed by atoms with E-state index < -0.39 is 24.5 Å². The third-order valence-corrected chi connectivity index (χ3v) is 2.63. The summed E-state index contributed by atoms with van der Waals surface area (Å²) in [6.07, 6.45) is 0.0461. The Morgan fingerprint density at radius 1 is 1.13 bits per heavy atom. The van der Waals surface area contributed by atoms with Crippen LogP contribution in [-0.2, 0) is 0 Å². The van der Waals surface area contributed by atoms with Crippen molar-refractivity contribution in [3.63, 3.8) is 0 Å². The maximum Gasteiger partial charge on any atom is 1.00 e. The molecule has 0 spiro atoms. The van der Waals surface area contributed by atoms with E-state index in [0.717, 1.165) is 0 Å². The Morgan fingerprint density at radius 2 is 1.73 bits per heavy atom. The van der Waals surface area contributed by atoms with Crippen LogP contribution in [0.4, 0.5) is 17.3 Å². The van der Waals surface area contributed by atoms with Gasteiger partial charge in [-0.1, -0.05) is 30.4 Å². The van der Waals surface area contributed by atoms with Crippen molar-refractivity contribution in [2.45, 2.75) is 18.2 Å². The fourth-order valence-corrected chi connectivity index (χ4v) is 1.77. The molecule has 0 bridgehead atoms. The maximum absolute atomic E-state index is 13.1. The smallest absolute Gasteiger partial charge is 0.449 e. The number of benzene rings is 1. The third kappa shape index (κ3) is 3.06. The van der Waals surface area contributed by atoms with Gasteiger partial charge in [0.2, 0.25) is 0 Å². The molecule has 1 fully saturated rings. The minimum absolute atomic E-state index is 0. The number of hydrogen-bond acceptors (Lipinski definition) is 0. The van der Waals surface area contributed by atoms with Crippen molar-refractivity contribution in [1.82, 2.24) is 0 Å². The molecule has 1 aromatic carbocycles. The summed E-state index contributed by atoms with van der Waals surface area (Å²) in [5.41, 5.74) is 0.205. The quantitative estimate of drug-likeness (QED) is 0.524. The van der Waals surface area contributed by atoms with Gasteiger partial charge in [0, 0.05) is 0 Å². The molecule has 0 N–H and O–H groups in total. The molecule has 2 atom stereocenters. The van der Waals surface area contributed by atoms with Crippen LogP contribution in [-0.4, -0.2) is 6.98 Å². The van der Waals surface area contributed by atoms with Crippen molar-refractivity contribution in [1.29, 1.82) is 0 Å². The zero-order valence-electron chi connectivity index (χ0n) is 8.26. The molecule has 0 amide bonds. The first-order valence-electron chi connectivity index (χ1n) is 4.44. The molecule has 0 aliphatic heterocycles. The van der Waals surface area contributed by atoms with Crippen LogP contribution in [0.2, 0.25) is 5.82 Å². The Bertz CT molecular complexity index is 352. The monoisotopic (exact) mass is 242 g/mol. The van der Waals surface area contributed by atoms with E-state index in [9.17, 15) is 17.3 Å². The molecule has 6 heteroatoms. The van der Waals surface area contributed by atoms with Gasteiger partial charge >= 0.3 is 58.4 Å². The summed E-state index contributed by atoms with van der Waals surface area (Å²) in [4.78, 5) is 0. The minimum atomic E-state index is -4.80. The predicted molar refractivity (Wildman–Crippen MR) is 46.6 cm³/mol. The van der Waals surface area contributed by atoms with Crippen LogP contribution in [0, 0.1) is 5.82 Å². The molecule has 1 aliphatic rings. The topological polar surface area (TPSA) is 0 Å². The van der Waals surface area contributed by atoms with Gasteiger partial charge in [-0.2, -0.15) is 0 Å². The van der Waals surface area contributed by atoms with Crippen molar-refractivity contribution in [2.75, 3.05) is 0 Å². The second kappa shape index (κ2) is 4.87. The normalized spacial score (nSPS) is 24.5. The Morgan fingerprint density at radius 3 is 2.20 bits per heavy atom. The van der Waals surface area contributed by atoms with Crippen molar-refractivity contribution in [3.8, 4) is 0 Å². The van der Waals surface area contributed by atoms with E-state index in [4.69, 9.17) is 0 Å². The van der Waals surface area contributed by atoms with E-state index in [1.165, 1.54) is 18.2 Å². The molecule has 0 aromatic heterocycles. The molecular weight excluding hydrogens is 234 g/mol. The number of rotatable bonds is 2. The Labute approximate surface area is 128 Å². The fourth-order valence-electron chi connectivity index (χ4n) is 1.77. The Kier molecular flexibility index (Phi) is 4.45. The molecular formula is C9H8BF4K. The molecule has 2 rings (SSSR count). The van der Waals surface area contributed by atoms with Crippen LogP contribution in [0.25, 0.3) is 0 Å². The van der Waals surface area contributed by atoms with E-state index in [2.05, 4.69) is 0 Å². The van der Waals surface area contributed by atoms with E-state index >= 15 is 0 Å². The van der Waals surface area contributed by atoms with Crippen LogP contribution >= 0.6 is 0 Å². The van der Waals surface area contributed by atoms with Gasteiger partial charge in [0.15, 0.2) is 0 Å². The standard InChI is InChI=1S/C9H8BF4.K/c11-9-4-2-1-3-6(9)7-5-8(7)10(12,13)14;/h1-4,7-8H,5H2;/q-1;+1/t7-,8+;/m0./s1. The van der Waals surface area contributed by atoms with Crippen molar-refractivity contribution < 1.29 is 68.7 Å². The largest absolute Gasteiger partial charge is 1.00 e. The summed E-state index contributed by atoms with van der Waals surface area (Å²) < 4.78 is 49.8. The van der Waals surface area contributed by atoms with E-state index in [0.29, 0.717) is 0 Å². The van der Waals surface area contributed by atoms with Crippen LogP contribution in [0.3, 0.4) is 0 Å². The first kappa shape index (κ1) is 13.7. The van der Waals surface area contributed by atoms with Crippen molar-refractivity contribution >= 4 is 6.98 Å². The summed E-state index contributed by atoms with van der Waals surface area (Å²) in [6, 6.07) is 5.68. The molecule has 1 aromatic rings. The van der Waals surface area contributed by atoms with Crippen LogP contribution in [0.15, 0.2) is 24.3 Å². The number of hydrogen-bond donors (Lipinski definition) is 0. The van der Waals surface area contributed by atoms with Gasteiger partial charge in [0.25, 0.3) is 0 Å². The van der Waals surface area contributed by atoms with Gasteiger partial charge < -0.3 is 12.9 Å². The zero-order chi connectivity index (χ0) is 10.3. The fraction of sp³-hybridized carbons (Fsp3) is 0.333. The Balaban J connectivity index is 0.00000112. The van der Waals surface area contributed by atoms with Crippen LogP contribution < -0.4 is 51.4 Å². The van der Waals surface area contributed by atoms with E-state index in [1.807, 2.05) is 0 Å². The zero-order valence-corrected chi connectivity index (χ0v) is 11.4. The molecule has 0 heterocycles. The maximum atomic E-state index is 13.1. The van der Waals surface area contributed by atoms with Gasteiger partial charge in [-0.05, 0) is 17.5 Å². The molecule has 1 aliphatic carbocycles. The SMILES string of the molecule is Fc1ccccc1[C@@H]1C[C@H]1[B-](F)(F)F.[K+]. The first-order valence-corrected chi connectivity index (χ1v) is 4.44.